The summed E-state index contributed by atoms with van der Waals surface area (Å²) < 4.78 is 5.84. The van der Waals surface area contributed by atoms with Gasteiger partial charge in [-0.25, -0.2) is 9.97 Å². The second-order valence-corrected chi connectivity index (χ2v) is 12.1. The van der Waals surface area contributed by atoms with Gasteiger partial charge in [-0.1, -0.05) is 82.0 Å². The minimum absolute atomic E-state index is 0.121. The Kier molecular flexibility index (Phi) is 11.1. The number of carbonyl (C=O) groups is 1. The monoisotopic (exact) mass is 544 g/mol. The van der Waals surface area contributed by atoms with Crippen molar-refractivity contribution in [1.82, 2.24) is 14.9 Å². The highest BCUT2D eigenvalue weighted by atomic mass is 16.5. The standard InChI is InChI=1S/C23H35NO2.C11H13N3/c1-18-8-11-20(12-9-18)13-10-19(2)23(25)22-17-24(14-15-26-22)16-21-6-4-3-5-7-21;1-8-12-10-7-5-4-6-9(10)11(13-8)14(2)3/h3-7,18-20,22H,8-17H2,1-2H3;4-7H,1-3H3. The Labute approximate surface area is 241 Å². The summed E-state index contributed by atoms with van der Waals surface area (Å²) in [5, 5.41) is 1.10. The smallest absolute Gasteiger partial charge is 0.165 e. The second-order valence-electron chi connectivity index (χ2n) is 12.1. The summed E-state index contributed by atoms with van der Waals surface area (Å²) in [5.41, 5.74) is 2.31. The minimum atomic E-state index is -0.242. The summed E-state index contributed by atoms with van der Waals surface area (Å²) in [7, 11) is 3.99. The molecule has 0 amide bonds. The number of hydrogen-bond acceptors (Lipinski definition) is 6. The van der Waals surface area contributed by atoms with Crippen LogP contribution >= 0.6 is 0 Å². The van der Waals surface area contributed by atoms with Gasteiger partial charge in [0.15, 0.2) is 5.78 Å². The molecule has 2 atom stereocenters. The predicted octanol–water partition coefficient (Wildman–Crippen LogP) is 6.70. The van der Waals surface area contributed by atoms with Gasteiger partial charge >= 0.3 is 0 Å². The fraction of sp³-hybridized carbons (Fsp3) is 0.559. The molecule has 6 heteroatoms. The molecule has 1 aromatic heterocycles. The zero-order valence-corrected chi connectivity index (χ0v) is 25.2. The van der Waals surface area contributed by atoms with Crippen molar-refractivity contribution in [3.63, 3.8) is 0 Å². The Hall–Kier alpha value is -2.83. The first kappa shape index (κ1) is 30.1. The molecule has 216 valence electrons. The van der Waals surface area contributed by atoms with Crippen LogP contribution in [0.2, 0.25) is 0 Å². The van der Waals surface area contributed by atoms with Crippen LogP contribution in [0.25, 0.3) is 10.9 Å². The van der Waals surface area contributed by atoms with Crippen LogP contribution in [0.15, 0.2) is 54.6 Å². The number of benzene rings is 2. The van der Waals surface area contributed by atoms with E-state index < -0.39 is 0 Å². The third-order valence-corrected chi connectivity index (χ3v) is 8.46. The molecule has 0 N–H and O–H groups in total. The van der Waals surface area contributed by atoms with Crippen molar-refractivity contribution < 1.29 is 9.53 Å². The van der Waals surface area contributed by atoms with Crippen LogP contribution in [0.4, 0.5) is 5.82 Å². The van der Waals surface area contributed by atoms with Crippen LogP contribution in [0.5, 0.6) is 0 Å². The van der Waals surface area contributed by atoms with Gasteiger partial charge in [-0.15, -0.1) is 0 Å². The summed E-state index contributed by atoms with van der Waals surface area (Å²) in [6, 6.07) is 18.6. The highest BCUT2D eigenvalue weighted by Gasteiger charge is 2.30. The zero-order chi connectivity index (χ0) is 28.5. The molecule has 2 heterocycles. The summed E-state index contributed by atoms with van der Waals surface area (Å²) in [5.74, 6) is 3.96. The van der Waals surface area contributed by atoms with E-state index in [1.807, 2.05) is 56.3 Å². The third-order valence-electron chi connectivity index (χ3n) is 8.46. The number of nitrogens with zero attached hydrogens (tertiary/aromatic N) is 4. The van der Waals surface area contributed by atoms with E-state index in [1.54, 1.807) is 0 Å². The minimum Gasteiger partial charge on any atom is -0.368 e. The van der Waals surface area contributed by atoms with Crippen LogP contribution in [0, 0.1) is 24.7 Å². The van der Waals surface area contributed by atoms with Gasteiger partial charge in [0.25, 0.3) is 0 Å². The van der Waals surface area contributed by atoms with Crippen molar-refractivity contribution in [2.24, 2.45) is 17.8 Å². The van der Waals surface area contributed by atoms with Crippen LogP contribution < -0.4 is 4.90 Å². The van der Waals surface area contributed by atoms with Crippen molar-refractivity contribution in [3.8, 4) is 0 Å². The summed E-state index contributed by atoms with van der Waals surface area (Å²) >= 11 is 0. The van der Waals surface area contributed by atoms with E-state index >= 15 is 0 Å². The van der Waals surface area contributed by atoms with Crippen LogP contribution in [-0.2, 0) is 16.1 Å². The maximum absolute atomic E-state index is 12.9. The number of rotatable bonds is 8. The number of ether oxygens (including phenoxy) is 1. The SMILES string of the molecule is CC1CCC(CCC(C)C(=O)C2CN(Cc3ccccc3)CCO2)CC1.Cc1nc(N(C)C)c2ccccc2n1. The zero-order valence-electron chi connectivity index (χ0n) is 25.2. The Morgan fingerprint density at radius 1 is 1.02 bits per heavy atom. The summed E-state index contributed by atoms with van der Waals surface area (Å²) in [6.07, 6.45) is 7.44. The van der Waals surface area contributed by atoms with Crippen molar-refractivity contribution in [2.45, 2.75) is 71.9 Å². The Bertz CT molecular complexity index is 1210. The lowest BCUT2D eigenvalue weighted by atomic mass is 9.79. The Balaban J connectivity index is 0.000000222. The Morgan fingerprint density at radius 3 is 2.45 bits per heavy atom. The van der Waals surface area contributed by atoms with Gasteiger partial charge in [-0.05, 0) is 49.3 Å². The van der Waals surface area contributed by atoms with Gasteiger partial charge in [0, 0.05) is 45.0 Å². The molecule has 3 aromatic rings. The first-order valence-electron chi connectivity index (χ1n) is 15.1. The molecule has 1 aliphatic heterocycles. The molecule has 0 bridgehead atoms. The lowest BCUT2D eigenvalue weighted by Crippen LogP contribution is -2.47. The van der Waals surface area contributed by atoms with Crippen molar-refractivity contribution in [2.75, 3.05) is 38.7 Å². The van der Waals surface area contributed by atoms with E-state index in [0.29, 0.717) is 12.4 Å². The number of aromatic nitrogens is 2. The fourth-order valence-corrected chi connectivity index (χ4v) is 5.94. The van der Waals surface area contributed by atoms with Crippen LogP contribution in [-0.4, -0.2) is 60.5 Å². The molecular formula is C34H48N4O2. The normalized spacial score (nSPS) is 22.3. The van der Waals surface area contributed by atoms with Crippen LogP contribution in [0.3, 0.4) is 0 Å². The quantitative estimate of drug-likeness (QED) is 0.314. The number of Topliss-reactive ketones (excluding diaryl/α,β-unsaturated/α-hetero) is 1. The molecule has 2 unspecified atom stereocenters. The van der Waals surface area contributed by atoms with Gasteiger partial charge in [0.1, 0.15) is 17.7 Å². The van der Waals surface area contributed by atoms with Crippen molar-refractivity contribution in [1.29, 1.82) is 0 Å². The number of morpholine rings is 1. The molecule has 6 nitrogen and oxygen atoms in total. The molecule has 40 heavy (non-hydrogen) atoms. The van der Waals surface area contributed by atoms with Gasteiger partial charge < -0.3 is 9.64 Å². The molecule has 1 saturated heterocycles. The third kappa shape index (κ3) is 8.58. The van der Waals surface area contributed by atoms with E-state index in [0.717, 1.165) is 60.4 Å². The molecule has 5 rings (SSSR count). The number of anilines is 1. The fourth-order valence-electron chi connectivity index (χ4n) is 5.94. The number of ketones is 1. The second kappa shape index (κ2) is 14.7. The van der Waals surface area contributed by atoms with E-state index in [1.165, 1.54) is 37.7 Å². The molecule has 0 spiro atoms. The van der Waals surface area contributed by atoms with E-state index in [9.17, 15) is 4.79 Å². The number of aryl methyl sites for hydroxylation is 1. The largest absolute Gasteiger partial charge is 0.368 e. The number of fused-ring (bicyclic) bond motifs is 1. The van der Waals surface area contributed by atoms with E-state index in [2.05, 4.69) is 53.0 Å². The van der Waals surface area contributed by atoms with Gasteiger partial charge in [-0.3, -0.25) is 9.69 Å². The van der Waals surface area contributed by atoms with Crippen molar-refractivity contribution in [3.05, 3.63) is 66.0 Å². The van der Waals surface area contributed by atoms with Crippen molar-refractivity contribution >= 4 is 22.5 Å². The predicted molar refractivity (Wildman–Crippen MR) is 165 cm³/mol. The molecule has 2 fully saturated rings. The first-order valence-corrected chi connectivity index (χ1v) is 15.1. The molecule has 1 saturated carbocycles. The van der Waals surface area contributed by atoms with Crippen LogP contribution in [0.1, 0.15) is 63.8 Å². The summed E-state index contributed by atoms with van der Waals surface area (Å²) in [4.78, 5) is 26.0. The highest BCUT2D eigenvalue weighted by Crippen LogP contribution is 2.32. The van der Waals surface area contributed by atoms with Gasteiger partial charge in [-0.2, -0.15) is 0 Å². The van der Waals surface area contributed by atoms with Gasteiger partial charge in [0.2, 0.25) is 0 Å². The number of carbonyl (C=O) groups excluding carboxylic acids is 1. The molecule has 2 aliphatic rings. The Morgan fingerprint density at radius 2 is 1.73 bits per heavy atom. The molecular weight excluding hydrogens is 496 g/mol. The van der Waals surface area contributed by atoms with E-state index in [4.69, 9.17) is 4.74 Å². The lowest BCUT2D eigenvalue weighted by molar-refractivity contribution is -0.140. The molecule has 0 radical (unpaired) electrons. The van der Waals surface area contributed by atoms with Gasteiger partial charge in [0.05, 0.1) is 12.1 Å². The maximum Gasteiger partial charge on any atom is 0.165 e. The number of para-hydroxylation sites is 1. The first-order chi connectivity index (χ1) is 19.3. The van der Waals surface area contributed by atoms with E-state index in [-0.39, 0.29) is 12.0 Å². The molecule has 1 aliphatic carbocycles. The maximum atomic E-state index is 12.9. The average molecular weight is 545 g/mol. The summed E-state index contributed by atoms with van der Waals surface area (Å²) in [6.45, 7) is 9.60. The lowest BCUT2D eigenvalue weighted by Gasteiger charge is -2.33. The topological polar surface area (TPSA) is 58.6 Å². The average Bonchev–Trinajstić information content (AvgIpc) is 2.97. The molecule has 2 aromatic carbocycles. The number of hydrogen-bond donors (Lipinski definition) is 0. The highest BCUT2D eigenvalue weighted by molar-refractivity contribution is 5.89.